The van der Waals surface area contributed by atoms with E-state index in [1.54, 1.807) is 18.2 Å². The highest BCUT2D eigenvalue weighted by Gasteiger charge is 2.08. The van der Waals surface area contributed by atoms with Gasteiger partial charge in [0.2, 0.25) is 0 Å². The predicted molar refractivity (Wildman–Crippen MR) is 89.8 cm³/mol. The number of halogens is 2. The lowest BCUT2D eigenvalue weighted by Crippen LogP contribution is -2.31. The zero-order valence-electron chi connectivity index (χ0n) is 12.2. The third kappa shape index (κ3) is 4.93. The van der Waals surface area contributed by atoms with Crippen LogP contribution in [0.3, 0.4) is 0 Å². The predicted octanol–water partition coefficient (Wildman–Crippen LogP) is 4.29. The minimum absolute atomic E-state index is 0.0561. The first-order valence-electron chi connectivity index (χ1n) is 6.95. The molecule has 0 aliphatic rings. The van der Waals surface area contributed by atoms with Crippen LogP contribution in [-0.4, -0.2) is 19.1 Å². The van der Waals surface area contributed by atoms with Crippen LogP contribution in [0.15, 0.2) is 48.5 Å². The normalized spacial score (nSPS) is 11.8. The summed E-state index contributed by atoms with van der Waals surface area (Å²) in [5, 5.41) is 3.71. The highest BCUT2D eigenvalue weighted by molar-refractivity contribution is 6.42. The topological polar surface area (TPSA) is 38.3 Å². The second-order valence-corrected chi connectivity index (χ2v) is 5.79. The monoisotopic (exact) mass is 337 g/mol. The Morgan fingerprint density at radius 3 is 2.55 bits per heavy atom. The van der Waals surface area contributed by atoms with E-state index in [0.717, 1.165) is 0 Å². The molecule has 2 aromatic rings. The summed E-state index contributed by atoms with van der Waals surface area (Å²) in [6, 6.07) is 14.9. The van der Waals surface area contributed by atoms with Gasteiger partial charge >= 0.3 is 0 Å². The van der Waals surface area contributed by atoms with E-state index in [1.807, 2.05) is 30.3 Å². The van der Waals surface area contributed by atoms with Crippen molar-refractivity contribution in [2.24, 2.45) is 0 Å². The summed E-state index contributed by atoms with van der Waals surface area (Å²) in [6.45, 7) is 2.57. The minimum Gasteiger partial charge on any atom is -0.484 e. The molecule has 0 heterocycles. The molecule has 0 spiro atoms. The number of benzene rings is 2. The molecule has 0 saturated carbocycles. The molecule has 116 valence electrons. The average Bonchev–Trinajstić information content (AvgIpc) is 2.54. The van der Waals surface area contributed by atoms with Gasteiger partial charge in [-0.05, 0) is 23.6 Å². The van der Waals surface area contributed by atoms with Gasteiger partial charge in [0.05, 0.1) is 10.0 Å². The van der Waals surface area contributed by atoms with Gasteiger partial charge in [-0.3, -0.25) is 4.79 Å². The minimum atomic E-state index is -0.172. The van der Waals surface area contributed by atoms with Crippen LogP contribution in [0.2, 0.25) is 10.0 Å². The summed E-state index contributed by atoms with van der Waals surface area (Å²) in [5.41, 5.74) is 1.19. The van der Waals surface area contributed by atoms with Gasteiger partial charge in [-0.25, -0.2) is 0 Å². The van der Waals surface area contributed by atoms with Crippen molar-refractivity contribution in [3.8, 4) is 5.75 Å². The molecule has 1 N–H and O–H groups in total. The van der Waals surface area contributed by atoms with Crippen LogP contribution >= 0.6 is 23.2 Å². The lowest BCUT2D eigenvalue weighted by atomic mass is 10.0. The molecule has 0 radical (unpaired) electrons. The van der Waals surface area contributed by atoms with Crippen molar-refractivity contribution in [3.05, 3.63) is 64.1 Å². The molecule has 0 aliphatic carbocycles. The second-order valence-electron chi connectivity index (χ2n) is 4.98. The molecule has 0 aliphatic heterocycles. The quantitative estimate of drug-likeness (QED) is 0.853. The number of rotatable bonds is 6. The third-order valence-corrected chi connectivity index (χ3v) is 3.97. The van der Waals surface area contributed by atoms with Crippen LogP contribution in [0.1, 0.15) is 18.4 Å². The molecule has 0 fully saturated rings. The van der Waals surface area contributed by atoms with Crippen molar-refractivity contribution >= 4 is 29.1 Å². The molecule has 0 bridgehead atoms. The van der Waals surface area contributed by atoms with Gasteiger partial charge in [0.1, 0.15) is 5.75 Å². The van der Waals surface area contributed by atoms with Gasteiger partial charge < -0.3 is 10.1 Å². The highest BCUT2D eigenvalue weighted by Crippen LogP contribution is 2.26. The van der Waals surface area contributed by atoms with E-state index >= 15 is 0 Å². The number of carbonyl (C=O) groups excluding carboxylic acids is 1. The fourth-order valence-electron chi connectivity index (χ4n) is 1.93. The Labute approximate surface area is 140 Å². The van der Waals surface area contributed by atoms with E-state index in [1.165, 1.54) is 5.56 Å². The summed E-state index contributed by atoms with van der Waals surface area (Å²) >= 11 is 11.7. The van der Waals surface area contributed by atoms with E-state index < -0.39 is 0 Å². The van der Waals surface area contributed by atoms with Crippen LogP contribution in [0.25, 0.3) is 0 Å². The number of nitrogens with one attached hydrogen (secondary N) is 1. The summed E-state index contributed by atoms with van der Waals surface area (Å²) in [5.74, 6) is 0.588. The van der Waals surface area contributed by atoms with Crippen LogP contribution in [0.5, 0.6) is 5.75 Å². The summed E-state index contributed by atoms with van der Waals surface area (Å²) in [4.78, 5) is 11.8. The van der Waals surface area contributed by atoms with Gasteiger partial charge in [0.15, 0.2) is 6.61 Å². The van der Waals surface area contributed by atoms with Gasteiger partial charge in [-0.15, -0.1) is 0 Å². The Kier molecular flexibility index (Phi) is 6.10. The molecule has 1 atom stereocenters. The molecular weight excluding hydrogens is 321 g/mol. The van der Waals surface area contributed by atoms with Crippen molar-refractivity contribution in [2.45, 2.75) is 12.8 Å². The first-order chi connectivity index (χ1) is 10.6. The van der Waals surface area contributed by atoms with E-state index in [9.17, 15) is 4.79 Å². The fraction of sp³-hybridized carbons (Fsp3) is 0.235. The van der Waals surface area contributed by atoms with Gasteiger partial charge in [0.25, 0.3) is 5.91 Å². The van der Waals surface area contributed by atoms with Crippen molar-refractivity contribution in [2.75, 3.05) is 13.2 Å². The van der Waals surface area contributed by atoms with Crippen LogP contribution in [0, 0.1) is 0 Å². The maximum atomic E-state index is 11.8. The van der Waals surface area contributed by atoms with E-state index in [-0.39, 0.29) is 18.4 Å². The molecule has 1 amide bonds. The molecule has 0 aromatic heterocycles. The largest absolute Gasteiger partial charge is 0.484 e. The Bertz CT molecular complexity index is 632. The van der Waals surface area contributed by atoms with Crippen LogP contribution in [0.4, 0.5) is 0 Å². The fourth-order valence-corrected chi connectivity index (χ4v) is 2.22. The van der Waals surface area contributed by atoms with E-state index in [4.69, 9.17) is 27.9 Å². The zero-order valence-corrected chi connectivity index (χ0v) is 13.7. The zero-order chi connectivity index (χ0) is 15.9. The summed E-state index contributed by atoms with van der Waals surface area (Å²) in [6.07, 6.45) is 0. The van der Waals surface area contributed by atoms with Crippen LogP contribution < -0.4 is 10.1 Å². The number of hydrogen-bond donors (Lipinski definition) is 1. The standard InChI is InChI=1S/C17H17Cl2NO2/c1-12(13-5-3-2-4-6-13)10-20-17(21)11-22-14-7-8-15(18)16(19)9-14/h2-9,12H,10-11H2,1H3,(H,20,21)/t12-/m0/s1. The van der Waals surface area contributed by atoms with Crippen molar-refractivity contribution < 1.29 is 9.53 Å². The van der Waals surface area contributed by atoms with Gasteiger partial charge in [-0.1, -0.05) is 60.5 Å². The Hall–Kier alpha value is -1.71. The van der Waals surface area contributed by atoms with Crippen molar-refractivity contribution in [1.82, 2.24) is 5.32 Å². The first-order valence-corrected chi connectivity index (χ1v) is 7.71. The SMILES string of the molecule is C[C@@H](CNC(=O)COc1ccc(Cl)c(Cl)c1)c1ccccc1. The maximum absolute atomic E-state index is 11.8. The second kappa shape index (κ2) is 8.06. The number of ether oxygens (including phenoxy) is 1. The number of carbonyl (C=O) groups is 1. The first kappa shape index (κ1) is 16.7. The number of amides is 1. The van der Waals surface area contributed by atoms with Gasteiger partial charge in [0, 0.05) is 12.6 Å². The average molecular weight is 338 g/mol. The Morgan fingerprint density at radius 2 is 1.86 bits per heavy atom. The molecule has 3 nitrogen and oxygen atoms in total. The Morgan fingerprint density at radius 1 is 1.14 bits per heavy atom. The summed E-state index contributed by atoms with van der Waals surface area (Å²) < 4.78 is 5.39. The number of hydrogen-bond acceptors (Lipinski definition) is 2. The van der Waals surface area contributed by atoms with Crippen molar-refractivity contribution in [3.63, 3.8) is 0 Å². The molecule has 0 unspecified atom stereocenters. The van der Waals surface area contributed by atoms with E-state index in [2.05, 4.69) is 12.2 Å². The van der Waals surface area contributed by atoms with Gasteiger partial charge in [-0.2, -0.15) is 0 Å². The molecule has 0 saturated heterocycles. The molecule has 2 aromatic carbocycles. The maximum Gasteiger partial charge on any atom is 0.257 e. The van der Waals surface area contributed by atoms with Crippen molar-refractivity contribution in [1.29, 1.82) is 0 Å². The lowest BCUT2D eigenvalue weighted by molar-refractivity contribution is -0.123. The summed E-state index contributed by atoms with van der Waals surface area (Å²) in [7, 11) is 0. The molecule has 2 rings (SSSR count). The molecule has 22 heavy (non-hydrogen) atoms. The Balaban J connectivity index is 1.77. The van der Waals surface area contributed by atoms with E-state index in [0.29, 0.717) is 22.3 Å². The third-order valence-electron chi connectivity index (χ3n) is 3.24. The lowest BCUT2D eigenvalue weighted by Gasteiger charge is -2.13. The molecule has 5 heteroatoms. The highest BCUT2D eigenvalue weighted by atomic mass is 35.5. The molecular formula is C17H17Cl2NO2. The van der Waals surface area contributed by atoms with Crippen LogP contribution in [-0.2, 0) is 4.79 Å². The smallest absolute Gasteiger partial charge is 0.257 e.